The van der Waals surface area contributed by atoms with Gasteiger partial charge in [-0.1, -0.05) is 0 Å². The molecule has 2 aromatic rings. The van der Waals surface area contributed by atoms with Crippen LogP contribution in [0.25, 0.3) is 17.2 Å². The first kappa shape index (κ1) is 27.9. The van der Waals surface area contributed by atoms with E-state index >= 15 is 0 Å². The van der Waals surface area contributed by atoms with Gasteiger partial charge in [-0.2, -0.15) is 0 Å². The van der Waals surface area contributed by atoms with E-state index in [-0.39, 0.29) is 53.1 Å². The number of hydrogen-bond acceptors (Lipinski definition) is 0. The van der Waals surface area contributed by atoms with E-state index in [0.29, 0.717) is 5.41 Å². The van der Waals surface area contributed by atoms with Gasteiger partial charge < -0.3 is 24.8 Å². The molecule has 0 nitrogen and oxygen atoms in total. The first-order chi connectivity index (χ1) is 16.0. The molecular formula is C31H39Cl2SiZr. The third-order valence-electron chi connectivity index (χ3n) is 9.25. The average molecular weight is 602 g/mol. The molecule has 0 heterocycles. The van der Waals surface area contributed by atoms with Crippen molar-refractivity contribution in [3.05, 3.63) is 64.7 Å². The van der Waals surface area contributed by atoms with Crippen molar-refractivity contribution in [3.63, 3.8) is 0 Å². The molecule has 1 atom stereocenters. The molecule has 185 valence electrons. The number of halogens is 2. The van der Waals surface area contributed by atoms with Crippen LogP contribution in [-0.2, 0) is 27.8 Å². The van der Waals surface area contributed by atoms with Gasteiger partial charge in [0.2, 0.25) is 0 Å². The Hall–Kier alpha value is -0.140. The largest absolute Gasteiger partial charge is 1.00 e. The minimum absolute atomic E-state index is 0. The fourth-order valence-electron chi connectivity index (χ4n) is 8.24. The van der Waals surface area contributed by atoms with E-state index < -0.39 is 0 Å². The molecule has 7 rings (SSSR count). The van der Waals surface area contributed by atoms with E-state index in [1.54, 1.807) is 22.3 Å². The van der Waals surface area contributed by atoms with Gasteiger partial charge in [-0.25, -0.2) is 0 Å². The van der Waals surface area contributed by atoms with Crippen LogP contribution in [0.5, 0.6) is 0 Å². The van der Waals surface area contributed by atoms with E-state index in [0.717, 1.165) is 21.4 Å². The van der Waals surface area contributed by atoms with Crippen molar-refractivity contribution in [1.29, 1.82) is 0 Å². The van der Waals surface area contributed by atoms with Crippen LogP contribution in [0.15, 0.2) is 48.0 Å². The van der Waals surface area contributed by atoms with Crippen LogP contribution in [0.1, 0.15) is 85.0 Å². The van der Waals surface area contributed by atoms with E-state index in [9.17, 15) is 0 Å². The summed E-state index contributed by atoms with van der Waals surface area (Å²) in [4.78, 5) is 0. The normalized spacial score (nSPS) is 29.8. The van der Waals surface area contributed by atoms with Crippen LogP contribution < -0.4 is 24.8 Å². The zero-order valence-corrected chi connectivity index (χ0v) is 26.5. The SMILES string of the molecule is CCCCC1=Cc2c(-c3ccc(C45CC6CC(CC(C6)C4)C5)cc3)cccc2[CH]1[Zr+2][Si](C)C.[Cl-].[Cl-]. The number of rotatable bonds is 7. The van der Waals surface area contributed by atoms with Crippen LogP contribution in [0.4, 0.5) is 0 Å². The van der Waals surface area contributed by atoms with Gasteiger partial charge in [-0.05, 0) is 0 Å². The van der Waals surface area contributed by atoms with Gasteiger partial charge in [0.15, 0.2) is 0 Å². The maximum atomic E-state index is 2.63. The first-order valence-electron chi connectivity index (χ1n) is 13.6. The van der Waals surface area contributed by atoms with Crippen molar-refractivity contribution in [2.45, 2.75) is 86.8 Å². The van der Waals surface area contributed by atoms with E-state index in [1.807, 2.05) is 0 Å². The fraction of sp³-hybridized carbons (Fsp3) is 0.548. The summed E-state index contributed by atoms with van der Waals surface area (Å²) in [6.07, 6.45) is 15.6. The molecule has 0 amide bonds. The standard InChI is InChI=1S/C29H33.C2H6Si.2ClH.Zr/c1-2-3-5-20-15-25-6-4-7-27(28(25)16-20)24-8-10-26(11-9-24)29-17-21-12-22(18-29)14-23(13-21)19-29;1-3-2;;;/h4,6-11,15-16,21-23H,2-3,5,12-14,17-19H2,1H3;1-2H3;2*1H;/q;;;;+2/p-2. The van der Waals surface area contributed by atoms with Crippen molar-refractivity contribution in [1.82, 2.24) is 0 Å². The third-order valence-corrected chi connectivity index (χ3v) is 18.2. The minimum atomic E-state index is -0.375. The molecule has 4 fully saturated rings. The number of fused-ring (bicyclic) bond motifs is 1. The average Bonchev–Trinajstić information content (AvgIpc) is 3.14. The van der Waals surface area contributed by atoms with Gasteiger partial charge in [0.05, 0.1) is 0 Å². The van der Waals surface area contributed by atoms with Crippen molar-refractivity contribution < 1.29 is 47.2 Å². The third kappa shape index (κ3) is 5.26. The van der Waals surface area contributed by atoms with Crippen LogP contribution in [0.3, 0.4) is 0 Å². The molecule has 4 bridgehead atoms. The Kier molecular flexibility index (Phi) is 9.01. The second kappa shape index (κ2) is 11.3. The van der Waals surface area contributed by atoms with Crippen LogP contribution >= 0.6 is 0 Å². The smallest absolute Gasteiger partial charge is 1.00 e. The van der Waals surface area contributed by atoms with Crippen LogP contribution in [0, 0.1) is 17.8 Å². The Morgan fingerprint density at radius 3 is 2.09 bits per heavy atom. The summed E-state index contributed by atoms with van der Waals surface area (Å²) in [5.74, 6) is 2.97. The molecule has 0 saturated heterocycles. The molecule has 0 aromatic heterocycles. The Morgan fingerprint density at radius 1 is 0.886 bits per heavy atom. The second-order valence-corrected chi connectivity index (χ2v) is 25.2. The molecule has 35 heavy (non-hydrogen) atoms. The summed E-state index contributed by atoms with van der Waals surface area (Å²) in [6, 6.07) is 17.2. The summed E-state index contributed by atoms with van der Waals surface area (Å²) in [5.41, 5.74) is 10.1. The predicted octanol–water partition coefficient (Wildman–Crippen LogP) is 2.79. The molecule has 4 heteroatoms. The van der Waals surface area contributed by atoms with Crippen molar-refractivity contribution in [2.24, 2.45) is 17.8 Å². The van der Waals surface area contributed by atoms with Crippen molar-refractivity contribution in [3.8, 4) is 11.1 Å². The molecule has 0 spiro atoms. The van der Waals surface area contributed by atoms with E-state index in [4.69, 9.17) is 0 Å². The Morgan fingerprint density at radius 2 is 1.51 bits per heavy atom. The number of unbranched alkanes of at least 4 members (excludes halogenated alkanes) is 1. The zero-order valence-electron chi connectivity index (χ0n) is 21.5. The molecule has 0 N–H and O–H groups in total. The van der Waals surface area contributed by atoms with Crippen molar-refractivity contribution >= 4 is 12.0 Å². The molecule has 4 saturated carbocycles. The molecule has 1 unspecified atom stereocenters. The summed E-state index contributed by atoms with van der Waals surface area (Å²) in [5, 5.41) is 0. The molecule has 5 aliphatic rings. The fourth-order valence-corrected chi connectivity index (χ4v) is 17.1. The van der Waals surface area contributed by atoms with Gasteiger partial charge >= 0.3 is 215 Å². The summed E-state index contributed by atoms with van der Waals surface area (Å²) in [6.45, 7) is 7.45. The van der Waals surface area contributed by atoms with Gasteiger partial charge in [-0.3, -0.25) is 0 Å². The maximum Gasteiger partial charge on any atom is -1.00 e. The quantitative estimate of drug-likeness (QED) is 0.429. The first-order valence-corrected chi connectivity index (χ1v) is 21.2. The molecular weight excluding hydrogens is 563 g/mol. The number of benzene rings is 2. The van der Waals surface area contributed by atoms with E-state index in [1.165, 1.54) is 68.9 Å². The summed E-state index contributed by atoms with van der Waals surface area (Å²) >= 11 is -0.375. The predicted molar refractivity (Wildman–Crippen MR) is 139 cm³/mol. The van der Waals surface area contributed by atoms with Gasteiger partial charge in [0.25, 0.3) is 0 Å². The topological polar surface area (TPSA) is 0 Å². The molecule has 0 aliphatic heterocycles. The van der Waals surface area contributed by atoms with Gasteiger partial charge in [0.1, 0.15) is 0 Å². The van der Waals surface area contributed by atoms with Crippen LogP contribution in [0.2, 0.25) is 13.1 Å². The summed E-state index contributed by atoms with van der Waals surface area (Å²) in [7, 11) is 0. The number of allylic oxidation sites excluding steroid dienone is 1. The van der Waals surface area contributed by atoms with Gasteiger partial charge in [-0.15, -0.1) is 0 Å². The zero-order chi connectivity index (χ0) is 22.6. The van der Waals surface area contributed by atoms with Crippen LogP contribution in [-0.4, -0.2) is 5.92 Å². The Labute approximate surface area is 238 Å². The molecule has 2 aromatic carbocycles. The Balaban J connectivity index is 0.00000144. The minimum Gasteiger partial charge on any atom is -1.00 e. The number of hydrogen-bond donors (Lipinski definition) is 0. The monoisotopic (exact) mass is 599 g/mol. The molecule has 1 radical (unpaired) electrons. The Bertz CT molecular complexity index is 1020. The molecule has 5 aliphatic carbocycles. The van der Waals surface area contributed by atoms with E-state index in [2.05, 4.69) is 68.6 Å². The van der Waals surface area contributed by atoms with Crippen molar-refractivity contribution in [2.75, 3.05) is 0 Å². The second-order valence-electron chi connectivity index (χ2n) is 12.0. The summed E-state index contributed by atoms with van der Waals surface area (Å²) < 4.78 is 0.838. The van der Waals surface area contributed by atoms with Gasteiger partial charge in [0, 0.05) is 0 Å². The maximum absolute atomic E-state index is 2.63.